The van der Waals surface area contributed by atoms with Gasteiger partial charge in [0.15, 0.2) is 0 Å². The Kier molecular flexibility index (Phi) is 5.35. The Morgan fingerprint density at radius 2 is 2.17 bits per heavy atom. The third-order valence-electron chi connectivity index (χ3n) is 2.12. The number of rotatable bonds is 5. The molecule has 0 aromatic rings. The van der Waals surface area contributed by atoms with E-state index < -0.39 is 0 Å². The van der Waals surface area contributed by atoms with E-state index in [1.54, 1.807) is 0 Å². The molecule has 0 bridgehead atoms. The zero-order valence-corrected chi connectivity index (χ0v) is 8.21. The van der Waals surface area contributed by atoms with Crippen molar-refractivity contribution in [3.05, 3.63) is 24.8 Å². The summed E-state index contributed by atoms with van der Waals surface area (Å²) in [6.07, 6.45) is 6.43. The second-order valence-electron chi connectivity index (χ2n) is 2.95. The minimum absolute atomic E-state index is 0.0729. The highest BCUT2D eigenvalue weighted by Gasteiger charge is 2.16. The number of ketones is 1. The van der Waals surface area contributed by atoms with Crippen LogP contribution in [0.2, 0.25) is 0 Å². The molecule has 0 saturated carbocycles. The lowest BCUT2D eigenvalue weighted by Gasteiger charge is -2.14. The van der Waals surface area contributed by atoms with E-state index in [1.165, 1.54) is 0 Å². The molecule has 0 heterocycles. The maximum absolute atomic E-state index is 11.3. The first-order valence-corrected chi connectivity index (χ1v) is 4.45. The Morgan fingerprint density at radius 3 is 2.50 bits per heavy atom. The lowest BCUT2D eigenvalue weighted by Crippen LogP contribution is -2.16. The van der Waals surface area contributed by atoms with Crippen molar-refractivity contribution in [1.82, 2.24) is 0 Å². The van der Waals surface area contributed by atoms with E-state index in [4.69, 9.17) is 0 Å². The predicted octanol–water partition coefficient (Wildman–Crippen LogP) is 2.98. The zero-order chi connectivity index (χ0) is 9.56. The minimum atomic E-state index is 0.0729. The first kappa shape index (κ1) is 11.2. The van der Waals surface area contributed by atoms with Crippen molar-refractivity contribution in [2.45, 2.75) is 27.2 Å². The van der Waals surface area contributed by atoms with Gasteiger partial charge in [-0.15, -0.1) is 6.58 Å². The van der Waals surface area contributed by atoms with Crippen LogP contribution in [0.15, 0.2) is 24.8 Å². The molecule has 1 heteroatoms. The Morgan fingerprint density at radius 1 is 1.58 bits per heavy atom. The Hall–Kier alpha value is -0.850. The molecule has 12 heavy (non-hydrogen) atoms. The van der Waals surface area contributed by atoms with Crippen molar-refractivity contribution in [2.75, 3.05) is 0 Å². The monoisotopic (exact) mass is 166 g/mol. The average molecular weight is 166 g/mol. The molecule has 0 aromatic heterocycles. The molecule has 0 aromatic carbocycles. The van der Waals surface area contributed by atoms with Crippen molar-refractivity contribution in [1.29, 1.82) is 0 Å². The minimum Gasteiger partial charge on any atom is -0.299 e. The Balaban J connectivity index is 4.29. The molecule has 1 nitrogen and oxygen atoms in total. The van der Waals surface area contributed by atoms with Gasteiger partial charge in [0.2, 0.25) is 0 Å². The summed E-state index contributed by atoms with van der Waals surface area (Å²) in [5, 5.41) is 0. The molecule has 1 unspecified atom stereocenters. The highest BCUT2D eigenvalue weighted by Crippen LogP contribution is 2.16. The molecule has 0 rings (SSSR count). The van der Waals surface area contributed by atoms with Gasteiger partial charge in [0.05, 0.1) is 0 Å². The second kappa shape index (κ2) is 5.76. The van der Waals surface area contributed by atoms with Gasteiger partial charge >= 0.3 is 0 Å². The first-order valence-electron chi connectivity index (χ1n) is 4.45. The number of Topliss-reactive ketones (excluding diaryl/α,β-unsaturated/α-hetero) is 1. The van der Waals surface area contributed by atoms with E-state index in [0.717, 1.165) is 0 Å². The predicted molar refractivity (Wildman–Crippen MR) is 53.0 cm³/mol. The molecule has 2 atom stereocenters. The van der Waals surface area contributed by atoms with E-state index in [-0.39, 0.29) is 11.8 Å². The fraction of sp³-hybridized carbons (Fsp3) is 0.545. The van der Waals surface area contributed by atoms with Gasteiger partial charge in [-0.05, 0) is 6.92 Å². The van der Waals surface area contributed by atoms with Crippen LogP contribution in [0, 0.1) is 11.8 Å². The normalized spacial score (nSPS) is 15.9. The lowest BCUT2D eigenvalue weighted by molar-refractivity contribution is -0.122. The third kappa shape index (κ3) is 3.04. The van der Waals surface area contributed by atoms with Gasteiger partial charge in [-0.1, -0.05) is 32.1 Å². The second-order valence-corrected chi connectivity index (χ2v) is 2.95. The van der Waals surface area contributed by atoms with Crippen LogP contribution in [0.5, 0.6) is 0 Å². The van der Waals surface area contributed by atoms with E-state index in [0.29, 0.717) is 12.2 Å². The molecule has 0 amide bonds. The first-order chi connectivity index (χ1) is 5.67. The van der Waals surface area contributed by atoms with Crippen molar-refractivity contribution < 1.29 is 4.79 Å². The number of carbonyl (C=O) groups is 1. The van der Waals surface area contributed by atoms with Gasteiger partial charge in [-0.3, -0.25) is 4.79 Å². The summed E-state index contributed by atoms with van der Waals surface area (Å²) >= 11 is 0. The van der Waals surface area contributed by atoms with Crippen LogP contribution in [0.4, 0.5) is 0 Å². The number of hydrogen-bond donors (Lipinski definition) is 0. The highest BCUT2D eigenvalue weighted by atomic mass is 16.1. The van der Waals surface area contributed by atoms with Crippen LogP contribution in [-0.2, 0) is 4.79 Å². The molecule has 0 spiro atoms. The molecule has 0 aliphatic rings. The Labute approximate surface area is 75.2 Å². The van der Waals surface area contributed by atoms with Gasteiger partial charge in [0, 0.05) is 18.3 Å². The van der Waals surface area contributed by atoms with Gasteiger partial charge in [0.25, 0.3) is 0 Å². The number of carbonyl (C=O) groups excluding carboxylic acids is 1. The molecule has 0 radical (unpaired) electrons. The van der Waals surface area contributed by atoms with Gasteiger partial charge in [-0.25, -0.2) is 0 Å². The summed E-state index contributed by atoms with van der Waals surface area (Å²) in [5.74, 6) is 0.573. The quantitative estimate of drug-likeness (QED) is 0.574. The maximum Gasteiger partial charge on any atom is 0.136 e. The summed E-state index contributed by atoms with van der Waals surface area (Å²) in [7, 11) is 0. The topological polar surface area (TPSA) is 17.1 Å². The van der Waals surface area contributed by atoms with Crippen molar-refractivity contribution >= 4 is 5.78 Å². The SMILES string of the molecule is C=CC(/C=C/C)[C@@H](C)C(=O)CC. The molecular formula is C11H18O. The van der Waals surface area contributed by atoms with Gasteiger partial charge < -0.3 is 0 Å². The summed E-state index contributed by atoms with van der Waals surface area (Å²) in [6.45, 7) is 9.53. The maximum atomic E-state index is 11.3. The summed E-state index contributed by atoms with van der Waals surface area (Å²) in [5.41, 5.74) is 0. The van der Waals surface area contributed by atoms with E-state index in [2.05, 4.69) is 6.58 Å². The number of allylic oxidation sites excluding steroid dienone is 3. The molecule has 0 N–H and O–H groups in total. The molecule has 0 fully saturated rings. The van der Waals surface area contributed by atoms with Crippen molar-refractivity contribution in [3.8, 4) is 0 Å². The van der Waals surface area contributed by atoms with Gasteiger partial charge in [-0.2, -0.15) is 0 Å². The van der Waals surface area contributed by atoms with Crippen LogP contribution in [0.25, 0.3) is 0 Å². The Bertz CT molecular complexity index is 179. The molecule has 0 aliphatic carbocycles. The smallest absolute Gasteiger partial charge is 0.136 e. The van der Waals surface area contributed by atoms with E-state index in [9.17, 15) is 4.79 Å². The van der Waals surface area contributed by atoms with Crippen LogP contribution in [0.3, 0.4) is 0 Å². The van der Waals surface area contributed by atoms with Crippen LogP contribution in [0.1, 0.15) is 27.2 Å². The van der Waals surface area contributed by atoms with Gasteiger partial charge in [0.1, 0.15) is 5.78 Å². The fourth-order valence-electron chi connectivity index (χ4n) is 1.21. The van der Waals surface area contributed by atoms with Crippen molar-refractivity contribution in [2.24, 2.45) is 11.8 Å². The third-order valence-corrected chi connectivity index (χ3v) is 2.12. The van der Waals surface area contributed by atoms with E-state index >= 15 is 0 Å². The lowest BCUT2D eigenvalue weighted by atomic mass is 9.89. The summed E-state index contributed by atoms with van der Waals surface area (Å²) in [6, 6.07) is 0. The summed E-state index contributed by atoms with van der Waals surface area (Å²) in [4.78, 5) is 11.3. The molecule has 68 valence electrons. The summed E-state index contributed by atoms with van der Waals surface area (Å²) < 4.78 is 0. The number of hydrogen-bond acceptors (Lipinski definition) is 1. The van der Waals surface area contributed by atoms with Crippen LogP contribution >= 0.6 is 0 Å². The van der Waals surface area contributed by atoms with Crippen molar-refractivity contribution in [3.63, 3.8) is 0 Å². The molecule has 0 aliphatic heterocycles. The van der Waals surface area contributed by atoms with E-state index in [1.807, 2.05) is 39.0 Å². The molecular weight excluding hydrogens is 148 g/mol. The zero-order valence-electron chi connectivity index (χ0n) is 8.21. The standard InChI is InChI=1S/C11H18O/c1-5-8-10(6-2)9(4)11(12)7-3/h5-6,8-10H,2,7H2,1,3-4H3/b8-5+/t9-,10?/m1/s1. The van der Waals surface area contributed by atoms with Crippen LogP contribution < -0.4 is 0 Å². The largest absolute Gasteiger partial charge is 0.299 e. The average Bonchev–Trinajstić information content (AvgIpc) is 2.11. The molecule has 0 saturated heterocycles. The highest BCUT2D eigenvalue weighted by molar-refractivity contribution is 5.81. The fourth-order valence-corrected chi connectivity index (χ4v) is 1.21. The van der Waals surface area contributed by atoms with Crippen LogP contribution in [-0.4, -0.2) is 5.78 Å².